The molecule has 0 N–H and O–H groups in total. The molecule has 2 saturated carbocycles. The summed E-state index contributed by atoms with van der Waals surface area (Å²) in [4.78, 5) is 51.8. The molecule has 8 unspecified atom stereocenters. The van der Waals surface area contributed by atoms with Crippen molar-refractivity contribution in [1.82, 2.24) is 0 Å². The van der Waals surface area contributed by atoms with Crippen molar-refractivity contribution < 1.29 is 42.9 Å². The van der Waals surface area contributed by atoms with E-state index in [1.165, 1.54) is 19.9 Å². The van der Waals surface area contributed by atoms with Crippen molar-refractivity contribution in [3.8, 4) is 0 Å². The Balaban J connectivity index is 1.61. The SMILES string of the molecule is CC(=O)OC1CC(C)C23OC(C)(C)C(CC(OC(=O)C=Cc4ccccc4)C2(C)C1OC(C)=O)C3OC(=O)c1ccccc1. The van der Waals surface area contributed by atoms with Gasteiger partial charge in [-0.3, -0.25) is 9.59 Å². The van der Waals surface area contributed by atoms with Crippen molar-refractivity contribution in [1.29, 1.82) is 0 Å². The lowest BCUT2D eigenvalue weighted by Crippen LogP contribution is -2.76. The topological polar surface area (TPSA) is 114 Å². The van der Waals surface area contributed by atoms with Gasteiger partial charge in [-0.25, -0.2) is 9.59 Å². The number of esters is 4. The van der Waals surface area contributed by atoms with Gasteiger partial charge >= 0.3 is 23.9 Å². The first kappa shape index (κ1) is 31.4. The first-order valence-corrected chi connectivity index (χ1v) is 15.0. The average molecular weight is 605 g/mol. The second-order valence-electron chi connectivity index (χ2n) is 12.8. The van der Waals surface area contributed by atoms with Gasteiger partial charge in [0.05, 0.1) is 16.6 Å². The number of hydrogen-bond acceptors (Lipinski definition) is 9. The highest BCUT2D eigenvalue weighted by molar-refractivity contribution is 5.89. The molecule has 0 amide bonds. The third-order valence-corrected chi connectivity index (χ3v) is 9.66. The molecule has 3 fully saturated rings. The Morgan fingerprint density at radius 3 is 2.02 bits per heavy atom. The Morgan fingerprint density at radius 2 is 1.41 bits per heavy atom. The zero-order valence-electron chi connectivity index (χ0n) is 26.0. The van der Waals surface area contributed by atoms with Crippen LogP contribution >= 0.6 is 0 Å². The van der Waals surface area contributed by atoms with Gasteiger partial charge in [-0.15, -0.1) is 0 Å². The number of fused-ring (bicyclic) bond motifs is 1. The zero-order valence-corrected chi connectivity index (χ0v) is 26.0. The van der Waals surface area contributed by atoms with E-state index >= 15 is 0 Å². The van der Waals surface area contributed by atoms with Crippen LogP contribution in [0.5, 0.6) is 0 Å². The Labute approximate surface area is 257 Å². The molecule has 2 bridgehead atoms. The van der Waals surface area contributed by atoms with Crippen LogP contribution in [0.3, 0.4) is 0 Å². The first-order valence-electron chi connectivity index (χ1n) is 15.0. The molecule has 2 aromatic carbocycles. The smallest absolute Gasteiger partial charge is 0.338 e. The maximum Gasteiger partial charge on any atom is 0.338 e. The Hall–Kier alpha value is -3.98. The number of ether oxygens (including phenoxy) is 5. The van der Waals surface area contributed by atoms with E-state index in [1.54, 1.807) is 30.3 Å². The molecule has 9 heteroatoms. The van der Waals surface area contributed by atoms with Crippen LogP contribution in [0.15, 0.2) is 66.7 Å². The van der Waals surface area contributed by atoms with Crippen molar-refractivity contribution >= 4 is 30.0 Å². The highest BCUT2D eigenvalue weighted by Crippen LogP contribution is 2.68. The Bertz CT molecular complexity index is 1430. The van der Waals surface area contributed by atoms with Crippen molar-refractivity contribution in [2.45, 2.75) is 90.0 Å². The van der Waals surface area contributed by atoms with Crippen LogP contribution in [0, 0.1) is 17.3 Å². The minimum atomic E-state index is -1.29. The Morgan fingerprint density at radius 1 is 0.795 bits per heavy atom. The molecule has 0 aromatic heterocycles. The normalized spacial score (nSPS) is 33.6. The average Bonchev–Trinajstić information content (AvgIpc) is 3.15. The Kier molecular flexibility index (Phi) is 8.46. The second kappa shape index (κ2) is 11.8. The summed E-state index contributed by atoms with van der Waals surface area (Å²) in [5.74, 6) is -2.97. The number of carbonyl (C=O) groups excluding carboxylic acids is 4. The third kappa shape index (κ3) is 5.42. The fourth-order valence-corrected chi connectivity index (χ4v) is 7.84. The van der Waals surface area contributed by atoms with Crippen LogP contribution in [0.4, 0.5) is 0 Å². The minimum Gasteiger partial charge on any atom is -0.459 e. The molecule has 1 aliphatic heterocycles. The predicted molar refractivity (Wildman–Crippen MR) is 160 cm³/mol. The summed E-state index contributed by atoms with van der Waals surface area (Å²) in [7, 11) is 0. The van der Waals surface area contributed by atoms with E-state index in [-0.39, 0.29) is 24.7 Å². The molecule has 1 heterocycles. The highest BCUT2D eigenvalue weighted by atomic mass is 16.6. The standard InChI is InChI=1S/C35H40O9/c1-21-19-27(40-22(2)36)31(41-23(3)37)34(6)28(42-29(38)18-17-24-13-9-7-10-14-24)20-26-30(35(21,34)44-33(26,4)5)43-32(39)25-15-11-8-12-16-25/h7-18,21,26-28,30-31H,19-20H2,1-6H3. The van der Waals surface area contributed by atoms with E-state index in [2.05, 4.69) is 0 Å². The first-order chi connectivity index (χ1) is 20.8. The van der Waals surface area contributed by atoms with E-state index in [0.717, 1.165) is 5.56 Å². The van der Waals surface area contributed by atoms with Gasteiger partial charge < -0.3 is 23.7 Å². The number of rotatable bonds is 7. The molecule has 0 radical (unpaired) electrons. The lowest BCUT2D eigenvalue weighted by atomic mass is 9.48. The summed E-state index contributed by atoms with van der Waals surface area (Å²) in [6.45, 7) is 10.2. The molecule has 44 heavy (non-hydrogen) atoms. The lowest BCUT2D eigenvalue weighted by Gasteiger charge is -2.62. The summed E-state index contributed by atoms with van der Waals surface area (Å²) < 4.78 is 31.3. The molecule has 3 aliphatic rings. The molecule has 1 saturated heterocycles. The molecular weight excluding hydrogens is 564 g/mol. The molecular formula is C35H40O9. The largest absolute Gasteiger partial charge is 0.459 e. The summed E-state index contributed by atoms with van der Waals surface area (Å²) in [5, 5.41) is 0. The van der Waals surface area contributed by atoms with Gasteiger partial charge in [0.15, 0.2) is 6.10 Å². The van der Waals surface area contributed by atoms with E-state index in [9.17, 15) is 19.2 Å². The van der Waals surface area contributed by atoms with Gasteiger partial charge in [-0.1, -0.05) is 55.5 Å². The van der Waals surface area contributed by atoms with Gasteiger partial charge in [0, 0.05) is 25.8 Å². The van der Waals surface area contributed by atoms with E-state index in [4.69, 9.17) is 23.7 Å². The quantitative estimate of drug-likeness (QED) is 0.236. The van der Waals surface area contributed by atoms with Crippen LogP contribution in [-0.4, -0.2) is 59.5 Å². The van der Waals surface area contributed by atoms with E-state index in [1.807, 2.05) is 64.1 Å². The van der Waals surface area contributed by atoms with Crippen LogP contribution in [0.2, 0.25) is 0 Å². The van der Waals surface area contributed by atoms with Gasteiger partial charge in [-0.2, -0.15) is 0 Å². The molecule has 2 aliphatic carbocycles. The lowest BCUT2D eigenvalue weighted by molar-refractivity contribution is -0.304. The van der Waals surface area contributed by atoms with E-state index < -0.39 is 64.9 Å². The van der Waals surface area contributed by atoms with Crippen LogP contribution in [0.25, 0.3) is 6.08 Å². The number of benzene rings is 2. The van der Waals surface area contributed by atoms with E-state index in [0.29, 0.717) is 5.56 Å². The monoisotopic (exact) mass is 604 g/mol. The summed E-state index contributed by atoms with van der Waals surface area (Å²) in [6.07, 6.45) is -0.00419. The molecule has 2 aromatic rings. The van der Waals surface area contributed by atoms with Gasteiger partial charge in [0.2, 0.25) is 0 Å². The minimum absolute atomic E-state index is 0.250. The fraction of sp³-hybridized carbons (Fsp3) is 0.486. The maximum absolute atomic E-state index is 13.5. The van der Waals surface area contributed by atoms with Crippen LogP contribution in [0.1, 0.15) is 70.3 Å². The molecule has 9 nitrogen and oxygen atoms in total. The summed E-state index contributed by atoms with van der Waals surface area (Å²) >= 11 is 0. The highest BCUT2D eigenvalue weighted by Gasteiger charge is 2.80. The van der Waals surface area contributed by atoms with Gasteiger partial charge in [0.25, 0.3) is 0 Å². The maximum atomic E-state index is 13.5. The van der Waals surface area contributed by atoms with Crippen molar-refractivity contribution in [3.05, 3.63) is 77.9 Å². The number of hydrogen-bond donors (Lipinski definition) is 0. The molecule has 8 atom stereocenters. The predicted octanol–water partition coefficient (Wildman–Crippen LogP) is 5.31. The fourth-order valence-electron chi connectivity index (χ4n) is 7.84. The summed E-state index contributed by atoms with van der Waals surface area (Å²) in [6, 6.07) is 18.1. The molecule has 1 spiro atoms. The zero-order chi connectivity index (χ0) is 31.9. The number of carbonyl (C=O) groups is 4. The molecule has 234 valence electrons. The summed E-state index contributed by atoms with van der Waals surface area (Å²) in [5.41, 5.74) is -2.16. The van der Waals surface area contributed by atoms with Crippen LogP contribution in [-0.2, 0) is 38.1 Å². The van der Waals surface area contributed by atoms with Crippen molar-refractivity contribution in [2.75, 3.05) is 0 Å². The van der Waals surface area contributed by atoms with Gasteiger partial charge in [0.1, 0.15) is 23.9 Å². The second-order valence-corrected chi connectivity index (χ2v) is 12.8. The molecule has 5 rings (SSSR count). The van der Waals surface area contributed by atoms with Gasteiger partial charge in [-0.05, 0) is 63.3 Å². The van der Waals surface area contributed by atoms with Crippen LogP contribution < -0.4 is 0 Å². The van der Waals surface area contributed by atoms with Crippen molar-refractivity contribution in [2.24, 2.45) is 17.3 Å². The van der Waals surface area contributed by atoms with Crippen molar-refractivity contribution in [3.63, 3.8) is 0 Å². The third-order valence-electron chi connectivity index (χ3n) is 9.66.